The number of allylic oxidation sites excluding steroid dienone is 1. The smallest absolute Gasteiger partial charge is 0.403 e. The molecular weight excluding hydrogens is 473 g/mol. The van der Waals surface area contributed by atoms with Crippen molar-refractivity contribution < 1.29 is 35.5 Å². The molecule has 1 aliphatic carbocycles. The molecule has 184 valence electrons. The molecule has 0 amide bonds. The molecule has 3 aromatic rings. The van der Waals surface area contributed by atoms with Crippen LogP contribution in [-0.2, 0) is 12.8 Å². The third kappa shape index (κ3) is 5.52. The van der Waals surface area contributed by atoms with Gasteiger partial charge in [-0.3, -0.25) is 0 Å². The van der Waals surface area contributed by atoms with Gasteiger partial charge < -0.3 is 4.74 Å². The Morgan fingerprint density at radius 3 is 2.17 bits per heavy atom. The first kappa shape index (κ1) is 24.8. The molecule has 0 N–H and O–H groups in total. The maximum atomic E-state index is 14.9. The van der Waals surface area contributed by atoms with E-state index in [4.69, 9.17) is 0 Å². The summed E-state index contributed by atoms with van der Waals surface area (Å²) in [6.07, 6.45) is -0.589. The van der Waals surface area contributed by atoms with Gasteiger partial charge in [-0.05, 0) is 89.9 Å². The lowest BCUT2D eigenvalue weighted by atomic mass is 9.86. The Hall–Kier alpha value is -3.29. The van der Waals surface area contributed by atoms with Crippen molar-refractivity contribution in [2.75, 3.05) is 0 Å². The molecule has 0 saturated carbocycles. The van der Waals surface area contributed by atoms with Gasteiger partial charge in [0.05, 0.1) is 0 Å². The van der Waals surface area contributed by atoms with E-state index in [9.17, 15) is 30.7 Å². The average molecular weight is 494 g/mol. The molecule has 1 nitrogen and oxygen atoms in total. The summed E-state index contributed by atoms with van der Waals surface area (Å²) in [5.41, 5.74) is 1.98. The predicted molar refractivity (Wildman–Crippen MR) is 120 cm³/mol. The third-order valence-electron chi connectivity index (χ3n) is 5.93. The second-order valence-electron chi connectivity index (χ2n) is 8.43. The molecule has 4 rings (SSSR count). The van der Waals surface area contributed by atoms with Gasteiger partial charge in [0.2, 0.25) is 0 Å². The number of fused-ring (bicyclic) bond motifs is 1. The fourth-order valence-electron chi connectivity index (χ4n) is 4.27. The summed E-state index contributed by atoms with van der Waals surface area (Å²) in [7, 11) is 0. The zero-order valence-corrected chi connectivity index (χ0v) is 18.7. The Morgan fingerprint density at radius 2 is 1.54 bits per heavy atom. The molecule has 3 aromatic carbocycles. The minimum Gasteiger partial charge on any atom is -0.403 e. The highest BCUT2D eigenvalue weighted by Gasteiger charge is 2.32. The van der Waals surface area contributed by atoms with Gasteiger partial charge in [0.15, 0.2) is 11.6 Å². The number of halogens is 7. The van der Waals surface area contributed by atoms with Crippen molar-refractivity contribution in [2.45, 2.75) is 45.4 Å². The molecule has 0 fully saturated rings. The lowest BCUT2D eigenvalue weighted by molar-refractivity contribution is -0.275. The Bertz CT molecular complexity index is 1270. The van der Waals surface area contributed by atoms with Gasteiger partial charge >= 0.3 is 6.36 Å². The van der Waals surface area contributed by atoms with E-state index < -0.39 is 35.4 Å². The average Bonchev–Trinajstić information content (AvgIpc) is 2.77. The van der Waals surface area contributed by atoms with Gasteiger partial charge in [-0.2, -0.15) is 0 Å². The topological polar surface area (TPSA) is 9.23 Å². The molecule has 0 saturated heterocycles. The third-order valence-corrected chi connectivity index (χ3v) is 5.93. The minimum absolute atomic E-state index is 0.00398. The summed E-state index contributed by atoms with van der Waals surface area (Å²) in [6, 6.07) is 7.98. The van der Waals surface area contributed by atoms with E-state index in [2.05, 4.69) is 4.74 Å². The van der Waals surface area contributed by atoms with Gasteiger partial charge in [-0.15, -0.1) is 13.2 Å². The van der Waals surface area contributed by atoms with Crippen LogP contribution in [0.1, 0.15) is 48.4 Å². The highest BCUT2D eigenvalue weighted by Crippen LogP contribution is 2.37. The number of hydrogen-bond donors (Lipinski definition) is 0. The first-order valence-corrected chi connectivity index (χ1v) is 11.1. The van der Waals surface area contributed by atoms with Gasteiger partial charge in [0, 0.05) is 11.1 Å². The van der Waals surface area contributed by atoms with Crippen LogP contribution in [0.2, 0.25) is 0 Å². The Labute approximate surface area is 197 Å². The summed E-state index contributed by atoms with van der Waals surface area (Å²) in [6.45, 7) is 1.99. The van der Waals surface area contributed by atoms with E-state index in [-0.39, 0.29) is 16.7 Å². The van der Waals surface area contributed by atoms with Crippen LogP contribution < -0.4 is 4.74 Å². The Balaban J connectivity index is 1.66. The van der Waals surface area contributed by atoms with E-state index >= 15 is 0 Å². The van der Waals surface area contributed by atoms with Crippen LogP contribution in [-0.4, -0.2) is 6.36 Å². The highest BCUT2D eigenvalue weighted by atomic mass is 19.4. The molecule has 35 heavy (non-hydrogen) atoms. The van der Waals surface area contributed by atoms with Crippen LogP contribution in [0.5, 0.6) is 5.75 Å². The molecule has 8 heteroatoms. The summed E-state index contributed by atoms with van der Waals surface area (Å²) >= 11 is 0. The molecule has 1 aliphatic rings. The van der Waals surface area contributed by atoms with Crippen LogP contribution in [0.25, 0.3) is 22.8 Å². The minimum atomic E-state index is -5.06. The lowest BCUT2D eigenvalue weighted by Gasteiger charge is -2.20. The fraction of sp³-hybridized carbons (Fsp3) is 0.259. The van der Waals surface area contributed by atoms with Crippen molar-refractivity contribution in [1.29, 1.82) is 0 Å². The first-order valence-electron chi connectivity index (χ1n) is 11.1. The van der Waals surface area contributed by atoms with Gasteiger partial charge in [0.25, 0.3) is 0 Å². The lowest BCUT2D eigenvalue weighted by Crippen LogP contribution is -2.17. The molecular formula is C27H21F7O. The van der Waals surface area contributed by atoms with Crippen molar-refractivity contribution in [2.24, 2.45) is 0 Å². The zero-order chi connectivity index (χ0) is 25.3. The molecule has 0 spiro atoms. The van der Waals surface area contributed by atoms with Crippen molar-refractivity contribution in [3.63, 3.8) is 0 Å². The monoisotopic (exact) mass is 494 g/mol. The zero-order valence-electron chi connectivity index (χ0n) is 18.7. The number of benzene rings is 3. The van der Waals surface area contributed by atoms with E-state index in [1.54, 1.807) is 0 Å². The van der Waals surface area contributed by atoms with E-state index in [0.717, 1.165) is 31.0 Å². The fourth-order valence-corrected chi connectivity index (χ4v) is 4.27. The van der Waals surface area contributed by atoms with E-state index in [1.165, 1.54) is 30.3 Å². The Kier molecular flexibility index (Phi) is 6.92. The van der Waals surface area contributed by atoms with Crippen molar-refractivity contribution >= 4 is 11.6 Å². The molecule has 0 aromatic heterocycles. The van der Waals surface area contributed by atoms with Crippen molar-refractivity contribution in [3.05, 3.63) is 88.0 Å². The largest absolute Gasteiger partial charge is 0.573 e. The SMILES string of the molecule is CCCCc1cc(F)c(C2=Cc3cc(F)c(-c4ccc(OC(F)(F)F)c(F)c4)cc3CC2)c(F)c1. The van der Waals surface area contributed by atoms with Crippen LogP contribution in [0.3, 0.4) is 0 Å². The molecule has 0 radical (unpaired) electrons. The second-order valence-corrected chi connectivity index (χ2v) is 8.43. The summed E-state index contributed by atoms with van der Waals surface area (Å²) in [5, 5.41) is 0. The quantitative estimate of drug-likeness (QED) is 0.312. The van der Waals surface area contributed by atoms with Crippen LogP contribution in [0, 0.1) is 23.3 Å². The summed E-state index contributed by atoms with van der Waals surface area (Å²) < 4.78 is 99.3. The molecule has 0 atom stereocenters. The molecule has 0 bridgehead atoms. The van der Waals surface area contributed by atoms with Gasteiger partial charge in [0.1, 0.15) is 17.5 Å². The molecule has 0 unspecified atom stereocenters. The van der Waals surface area contributed by atoms with E-state index in [0.29, 0.717) is 41.5 Å². The van der Waals surface area contributed by atoms with Crippen LogP contribution >= 0.6 is 0 Å². The molecule has 0 aliphatic heterocycles. The maximum Gasteiger partial charge on any atom is 0.573 e. The number of hydrogen-bond acceptors (Lipinski definition) is 1. The number of rotatable bonds is 6. The highest BCUT2D eigenvalue weighted by molar-refractivity contribution is 5.86. The standard InChI is InChI=1S/C27H21F7O/c1-2-3-4-15-9-23(30)26(24(31)10-15)18-6-5-16-12-20(21(28)14-19(16)11-18)17-7-8-25(22(29)13-17)35-27(32,33)34/h7-14H,2-6H2,1H3. The second kappa shape index (κ2) is 9.76. The maximum absolute atomic E-state index is 14.9. The number of alkyl halides is 3. The number of aryl methyl sites for hydroxylation is 2. The van der Waals surface area contributed by atoms with Crippen molar-refractivity contribution in [3.8, 4) is 16.9 Å². The van der Waals surface area contributed by atoms with Gasteiger partial charge in [-0.25, -0.2) is 17.6 Å². The first-order chi connectivity index (χ1) is 16.6. The summed E-state index contributed by atoms with van der Waals surface area (Å²) in [5.74, 6) is -4.38. The molecule has 0 heterocycles. The van der Waals surface area contributed by atoms with E-state index in [1.807, 2.05) is 6.92 Å². The van der Waals surface area contributed by atoms with Gasteiger partial charge in [-0.1, -0.05) is 25.5 Å². The summed E-state index contributed by atoms with van der Waals surface area (Å²) in [4.78, 5) is 0. The van der Waals surface area contributed by atoms with Crippen LogP contribution in [0.15, 0.2) is 42.5 Å². The van der Waals surface area contributed by atoms with Crippen LogP contribution in [0.4, 0.5) is 30.7 Å². The Morgan fingerprint density at radius 1 is 0.829 bits per heavy atom. The normalized spacial score (nSPS) is 13.4. The number of ether oxygens (including phenoxy) is 1. The number of unbranched alkanes of at least 4 members (excludes halogenated alkanes) is 1. The van der Waals surface area contributed by atoms with Crippen molar-refractivity contribution in [1.82, 2.24) is 0 Å². The predicted octanol–water partition coefficient (Wildman–Crippen LogP) is 8.64.